The van der Waals surface area contributed by atoms with Crippen molar-refractivity contribution in [3.05, 3.63) is 272 Å². The second-order valence-electron chi connectivity index (χ2n) is 28.2. The van der Waals surface area contributed by atoms with Crippen LogP contribution in [0.15, 0.2) is 207 Å². The van der Waals surface area contributed by atoms with Gasteiger partial charge in [0, 0.05) is 87.6 Å². The summed E-state index contributed by atoms with van der Waals surface area (Å²) in [7, 11) is 0. The number of halogens is 3. The first-order valence-electron chi connectivity index (χ1n) is 35.6. The van der Waals surface area contributed by atoms with Crippen molar-refractivity contribution in [3.8, 4) is 0 Å². The molecule has 0 atom stereocenters. The third-order valence-corrected chi connectivity index (χ3v) is 22.5. The van der Waals surface area contributed by atoms with Crippen molar-refractivity contribution >= 4 is 89.1 Å². The number of aryl methyl sites for hydroxylation is 2. The highest BCUT2D eigenvalue weighted by molar-refractivity contribution is 6.32. The van der Waals surface area contributed by atoms with Crippen LogP contribution in [0.5, 0.6) is 0 Å². The fourth-order valence-corrected chi connectivity index (χ4v) is 17.4. The number of hydrogen-bond acceptors (Lipinski definition) is 3. The van der Waals surface area contributed by atoms with Crippen molar-refractivity contribution in [3.63, 3.8) is 0 Å². The van der Waals surface area contributed by atoms with Crippen LogP contribution >= 0.6 is 34.8 Å². The van der Waals surface area contributed by atoms with Crippen molar-refractivity contribution in [1.82, 2.24) is 28.8 Å². The number of aromatic amines is 1. The molecule has 9 aromatic carbocycles. The molecule has 4 fully saturated rings. The molecular weight excluding hydrogens is 1220 g/mol. The number of aromatic nitrogens is 3. The Morgan fingerprint density at radius 3 is 1.46 bits per heavy atom. The highest BCUT2D eigenvalue weighted by Gasteiger charge is 2.29. The van der Waals surface area contributed by atoms with Gasteiger partial charge in [-0.05, 0) is 237 Å². The zero-order valence-electron chi connectivity index (χ0n) is 55.8. The van der Waals surface area contributed by atoms with Crippen molar-refractivity contribution < 1.29 is 0 Å². The molecule has 0 spiro atoms. The van der Waals surface area contributed by atoms with Crippen LogP contribution in [0.2, 0.25) is 15.1 Å². The lowest BCUT2D eigenvalue weighted by Gasteiger charge is -2.35. The van der Waals surface area contributed by atoms with Crippen LogP contribution in [0.4, 0.5) is 0 Å². The zero-order valence-corrected chi connectivity index (χ0v) is 58.0. The second kappa shape index (κ2) is 30.5. The van der Waals surface area contributed by atoms with Crippen LogP contribution in [0.1, 0.15) is 151 Å². The second-order valence-corrected chi connectivity index (χ2v) is 29.5. The van der Waals surface area contributed by atoms with Crippen molar-refractivity contribution in [1.29, 1.82) is 0 Å². The Bertz CT molecular complexity index is 4500. The van der Waals surface area contributed by atoms with Gasteiger partial charge in [-0.3, -0.25) is 9.80 Å². The van der Waals surface area contributed by atoms with Gasteiger partial charge >= 0.3 is 0 Å². The number of nitrogens with one attached hydrogen (secondary N) is 1. The molecule has 3 aromatic heterocycles. The molecule has 3 saturated heterocycles. The summed E-state index contributed by atoms with van der Waals surface area (Å²) in [4.78, 5) is 11.6. The lowest BCUT2D eigenvalue weighted by molar-refractivity contribution is 0.169. The normalized spacial score (nSPS) is 17.1. The quantitative estimate of drug-likeness (QED) is 0.125. The van der Waals surface area contributed by atoms with Gasteiger partial charge in [-0.15, -0.1) is 0 Å². The minimum atomic E-state index is 0.584. The summed E-state index contributed by atoms with van der Waals surface area (Å²) in [6.45, 7) is 16.6. The molecule has 1 saturated carbocycles. The Morgan fingerprint density at radius 2 is 0.863 bits per heavy atom. The van der Waals surface area contributed by atoms with Gasteiger partial charge in [0.2, 0.25) is 0 Å². The molecule has 12 aromatic rings. The standard InChI is InChI=1S/C32H31ClN2.C29H37ClN2.C25H25ClN2/c1-23-7-5-10-26-11-6-12-27(32(23)26)21-34-17-15-25(16-18-34)30-22-35(20-24-8-3-2-4-9-24)31-19-28(33)13-14-29(30)31;30-26-13-14-27-28(22-32(29(27)19-26)21-24-11-7-4-8-12-24)25-15-17-31(18-16-25)20-23-9-5-2-1-3-6-10-23;1-17-25(23-15-21(26)9-10-24(23)27-17)19-11-13-28(14-12-19)16-20-7-4-6-18-5-2-3-8-22(18)20/h2-14,19,22,25H,15-18,20-21H2,1H3;4,7-8,11-14,19,22-23,25H,1-3,5-6,9-10,15-18,20-21H2;2-10,15,19,27H,11-14,16H2,1H3. The summed E-state index contributed by atoms with van der Waals surface area (Å²) in [5.41, 5.74) is 16.4. The van der Waals surface area contributed by atoms with E-state index in [9.17, 15) is 0 Å². The monoisotopic (exact) mass is 1310 g/mol. The first-order chi connectivity index (χ1) is 46.6. The predicted octanol–water partition coefficient (Wildman–Crippen LogP) is 22.7. The van der Waals surface area contributed by atoms with E-state index in [1.54, 1.807) is 0 Å². The average Bonchev–Trinajstić information content (AvgIpc) is 1.67. The van der Waals surface area contributed by atoms with Crippen LogP contribution < -0.4 is 0 Å². The molecule has 0 bridgehead atoms. The molecule has 0 radical (unpaired) electrons. The lowest BCUT2D eigenvalue weighted by Crippen LogP contribution is -2.36. The highest BCUT2D eigenvalue weighted by atomic mass is 35.5. The Labute approximate surface area is 578 Å². The molecule has 0 unspecified atom stereocenters. The first kappa shape index (κ1) is 65.2. The van der Waals surface area contributed by atoms with Gasteiger partial charge in [-0.25, -0.2) is 0 Å². The molecular formula is C86H93Cl3N6. The SMILES string of the molecule is Cc1[nH]c2ccc(Cl)cc2c1C1CCN(Cc2cccc3ccccc23)CC1.Cc1cccc2cccc(CN3CCC(c4cn(Cc5ccccc5)c5cc(Cl)ccc45)CC3)c12.Clc1ccc2c(C3CCN(CC4CCCCCCC4)CC3)cn(Cc3ccccc3)c2c1. The van der Waals surface area contributed by atoms with Gasteiger partial charge in [0.15, 0.2) is 0 Å². The summed E-state index contributed by atoms with van der Waals surface area (Å²) in [6, 6.07) is 69.2. The van der Waals surface area contributed by atoms with Crippen LogP contribution in [0.25, 0.3) is 54.3 Å². The smallest absolute Gasteiger partial charge is 0.0501 e. The molecule has 1 aliphatic carbocycles. The van der Waals surface area contributed by atoms with Crippen LogP contribution in [-0.4, -0.2) is 74.6 Å². The number of hydrogen-bond donors (Lipinski definition) is 1. The van der Waals surface area contributed by atoms with Gasteiger partial charge < -0.3 is 19.0 Å². The molecule has 488 valence electrons. The summed E-state index contributed by atoms with van der Waals surface area (Å²) >= 11 is 19.1. The van der Waals surface area contributed by atoms with E-state index in [2.05, 4.69) is 237 Å². The van der Waals surface area contributed by atoms with Gasteiger partial charge in [0.05, 0.1) is 11.0 Å². The molecule has 9 heteroatoms. The lowest BCUT2D eigenvalue weighted by atomic mass is 9.87. The summed E-state index contributed by atoms with van der Waals surface area (Å²) in [5, 5.41) is 12.0. The molecule has 6 nitrogen and oxygen atoms in total. The number of piperidine rings is 3. The number of likely N-dealkylation sites (tertiary alicyclic amines) is 3. The summed E-state index contributed by atoms with van der Waals surface area (Å²) < 4.78 is 4.80. The molecule has 4 aliphatic rings. The van der Waals surface area contributed by atoms with E-state index >= 15 is 0 Å². The minimum Gasteiger partial charge on any atom is -0.358 e. The Kier molecular flexibility index (Phi) is 20.9. The van der Waals surface area contributed by atoms with E-state index < -0.39 is 0 Å². The molecule has 0 amide bonds. The first-order valence-corrected chi connectivity index (χ1v) is 36.8. The molecule has 3 aliphatic heterocycles. The molecule has 95 heavy (non-hydrogen) atoms. The minimum absolute atomic E-state index is 0.584. The molecule has 1 N–H and O–H groups in total. The largest absolute Gasteiger partial charge is 0.358 e. The fraction of sp³-hybridized carbons (Fsp3) is 0.349. The van der Waals surface area contributed by atoms with Gasteiger partial charge in [0.25, 0.3) is 0 Å². The maximum absolute atomic E-state index is 6.42. The number of H-pyrrole nitrogens is 1. The Balaban J connectivity index is 0.000000124. The van der Waals surface area contributed by atoms with E-state index in [0.717, 1.165) is 73.3 Å². The highest BCUT2D eigenvalue weighted by Crippen LogP contribution is 2.41. The molecule has 6 heterocycles. The topological polar surface area (TPSA) is 35.4 Å². The van der Waals surface area contributed by atoms with Crippen LogP contribution in [0.3, 0.4) is 0 Å². The van der Waals surface area contributed by atoms with Crippen molar-refractivity contribution in [2.24, 2.45) is 5.92 Å². The fourth-order valence-electron chi connectivity index (χ4n) is 16.9. The number of rotatable bonds is 13. The maximum atomic E-state index is 6.42. The Hall–Kier alpha value is -7.13. The summed E-state index contributed by atoms with van der Waals surface area (Å²) in [6.07, 6.45) is 22.3. The zero-order chi connectivity index (χ0) is 64.6. The van der Waals surface area contributed by atoms with E-state index in [4.69, 9.17) is 34.8 Å². The van der Waals surface area contributed by atoms with Crippen molar-refractivity contribution in [2.75, 3.05) is 45.8 Å². The average molecular weight is 1320 g/mol. The van der Waals surface area contributed by atoms with Gasteiger partial charge in [0.1, 0.15) is 0 Å². The number of benzene rings is 9. The van der Waals surface area contributed by atoms with E-state index in [-0.39, 0.29) is 0 Å². The van der Waals surface area contributed by atoms with E-state index in [0.29, 0.717) is 17.8 Å². The van der Waals surface area contributed by atoms with Gasteiger partial charge in [-0.1, -0.05) is 219 Å². The summed E-state index contributed by atoms with van der Waals surface area (Å²) in [5.74, 6) is 2.78. The number of fused-ring (bicyclic) bond motifs is 5. The van der Waals surface area contributed by atoms with Crippen LogP contribution in [0, 0.1) is 19.8 Å². The van der Waals surface area contributed by atoms with E-state index in [1.165, 1.54) is 208 Å². The predicted molar refractivity (Wildman–Crippen MR) is 404 cm³/mol. The third-order valence-electron chi connectivity index (χ3n) is 21.8. The van der Waals surface area contributed by atoms with Gasteiger partial charge in [-0.2, -0.15) is 0 Å². The maximum Gasteiger partial charge on any atom is 0.0501 e. The third kappa shape index (κ3) is 15.5. The Morgan fingerprint density at radius 1 is 0.389 bits per heavy atom. The van der Waals surface area contributed by atoms with E-state index in [1.807, 2.05) is 12.1 Å². The molecule has 16 rings (SSSR count). The van der Waals surface area contributed by atoms with Crippen molar-refractivity contribution in [2.45, 2.75) is 141 Å². The number of nitrogens with zero attached hydrogens (tertiary/aromatic N) is 5. The van der Waals surface area contributed by atoms with Crippen LogP contribution in [-0.2, 0) is 26.2 Å².